The topological polar surface area (TPSA) is 71.5 Å². The Labute approximate surface area is 161 Å². The van der Waals surface area contributed by atoms with Gasteiger partial charge in [-0.25, -0.2) is 4.98 Å². The molecular formula is C22H17N3OS. The number of phenolic OH excluding ortho intramolecular Hbond substituents is 1. The van der Waals surface area contributed by atoms with Crippen molar-refractivity contribution in [2.24, 2.45) is 10.9 Å². The average molecular weight is 371 g/mol. The molecule has 4 nitrogen and oxygen atoms in total. The van der Waals surface area contributed by atoms with Crippen LogP contribution in [0.25, 0.3) is 21.7 Å². The van der Waals surface area contributed by atoms with E-state index in [0.717, 1.165) is 27.3 Å². The molecule has 3 aromatic carbocycles. The smallest absolute Gasteiger partial charge is 0.145 e. The van der Waals surface area contributed by atoms with Crippen LogP contribution >= 0.6 is 11.3 Å². The van der Waals surface area contributed by atoms with E-state index in [1.807, 2.05) is 54.6 Å². The minimum Gasteiger partial charge on any atom is -0.508 e. The number of hydrazone groups is 1. The summed E-state index contributed by atoms with van der Waals surface area (Å²) < 4.78 is 0. The molecule has 0 fully saturated rings. The van der Waals surface area contributed by atoms with Gasteiger partial charge in [-0.3, -0.25) is 0 Å². The highest BCUT2D eigenvalue weighted by Crippen LogP contribution is 2.37. The first-order chi connectivity index (χ1) is 13.3. The molecule has 0 unspecified atom stereocenters. The fourth-order valence-corrected chi connectivity index (χ4v) is 4.02. The Morgan fingerprint density at radius 3 is 2.15 bits per heavy atom. The van der Waals surface area contributed by atoms with Gasteiger partial charge in [-0.1, -0.05) is 72.8 Å². The number of aromatic hydroxyl groups is 1. The van der Waals surface area contributed by atoms with Gasteiger partial charge >= 0.3 is 0 Å². The van der Waals surface area contributed by atoms with Gasteiger partial charge in [0.05, 0.1) is 10.6 Å². The van der Waals surface area contributed by atoms with Crippen LogP contribution in [-0.4, -0.2) is 15.8 Å². The number of thiazole rings is 1. The van der Waals surface area contributed by atoms with E-state index < -0.39 is 0 Å². The number of benzene rings is 3. The number of hydrogen-bond donors (Lipinski definition) is 2. The summed E-state index contributed by atoms with van der Waals surface area (Å²) in [7, 11) is 0. The number of nitrogens with zero attached hydrogens (tertiary/aromatic N) is 2. The fraction of sp³-hybridized carbons (Fsp3) is 0. The van der Waals surface area contributed by atoms with Gasteiger partial charge in [0.25, 0.3) is 0 Å². The van der Waals surface area contributed by atoms with Gasteiger partial charge in [0.15, 0.2) is 0 Å². The lowest BCUT2D eigenvalue weighted by Crippen LogP contribution is -2.05. The molecule has 3 N–H and O–H groups in total. The Bertz CT molecular complexity index is 1030. The van der Waals surface area contributed by atoms with E-state index in [-0.39, 0.29) is 5.75 Å². The number of rotatable bonds is 4. The number of aromatic nitrogens is 1. The van der Waals surface area contributed by atoms with Crippen LogP contribution in [0.2, 0.25) is 0 Å². The Hall–Kier alpha value is -3.44. The lowest BCUT2D eigenvalue weighted by Gasteiger charge is -2.02. The predicted octanol–water partition coefficient (Wildman–Crippen LogP) is 4.89. The van der Waals surface area contributed by atoms with Crippen molar-refractivity contribution < 1.29 is 5.11 Å². The summed E-state index contributed by atoms with van der Waals surface area (Å²) in [5.74, 6) is 5.86. The minimum atomic E-state index is 0.164. The summed E-state index contributed by atoms with van der Waals surface area (Å²) in [4.78, 5) is 5.91. The van der Waals surface area contributed by atoms with Crippen LogP contribution in [0, 0.1) is 0 Å². The van der Waals surface area contributed by atoms with Crippen LogP contribution in [0.3, 0.4) is 0 Å². The molecule has 4 aromatic rings. The van der Waals surface area contributed by atoms with E-state index in [1.165, 1.54) is 11.3 Å². The maximum absolute atomic E-state index is 9.81. The standard InChI is InChI=1S/C22H17N3OS/c23-25-20(17-12-7-13-18(26)14-17)22-24-19(15-8-3-1-4-9-15)21(27-22)16-10-5-2-6-11-16/h1-14,26H,23H2/b25-20+. The normalized spacial score (nSPS) is 11.5. The number of phenols is 1. The third kappa shape index (κ3) is 3.45. The summed E-state index contributed by atoms with van der Waals surface area (Å²) in [5, 5.41) is 14.5. The van der Waals surface area contributed by atoms with Crippen LogP contribution < -0.4 is 5.84 Å². The molecule has 0 aliphatic heterocycles. The third-order valence-corrected chi connectivity index (χ3v) is 5.27. The van der Waals surface area contributed by atoms with E-state index >= 15 is 0 Å². The molecule has 1 aromatic heterocycles. The van der Waals surface area contributed by atoms with E-state index in [4.69, 9.17) is 10.8 Å². The molecule has 27 heavy (non-hydrogen) atoms. The second kappa shape index (κ2) is 7.43. The lowest BCUT2D eigenvalue weighted by molar-refractivity contribution is 0.475. The lowest BCUT2D eigenvalue weighted by atomic mass is 10.1. The molecule has 0 saturated heterocycles. The summed E-state index contributed by atoms with van der Waals surface area (Å²) in [5.41, 5.74) is 4.29. The molecule has 5 heteroatoms. The van der Waals surface area contributed by atoms with Crippen LogP contribution in [0.15, 0.2) is 90.0 Å². The molecule has 0 bridgehead atoms. The monoisotopic (exact) mass is 371 g/mol. The molecule has 4 rings (SSSR count). The van der Waals surface area contributed by atoms with Crippen molar-refractivity contribution >= 4 is 17.0 Å². The maximum Gasteiger partial charge on any atom is 0.145 e. The van der Waals surface area contributed by atoms with Gasteiger partial charge in [-0.15, -0.1) is 11.3 Å². The Balaban J connectivity index is 1.89. The molecule has 0 radical (unpaired) electrons. The van der Waals surface area contributed by atoms with Crippen molar-refractivity contribution in [1.82, 2.24) is 4.98 Å². The van der Waals surface area contributed by atoms with Crippen molar-refractivity contribution in [2.75, 3.05) is 0 Å². The average Bonchev–Trinajstić information content (AvgIpc) is 3.15. The van der Waals surface area contributed by atoms with Crippen LogP contribution in [0.4, 0.5) is 0 Å². The largest absolute Gasteiger partial charge is 0.508 e. The van der Waals surface area contributed by atoms with E-state index in [9.17, 15) is 5.11 Å². The molecule has 132 valence electrons. The Morgan fingerprint density at radius 1 is 0.852 bits per heavy atom. The van der Waals surface area contributed by atoms with Gasteiger partial charge in [-0.2, -0.15) is 5.10 Å². The van der Waals surface area contributed by atoms with E-state index in [0.29, 0.717) is 10.7 Å². The summed E-state index contributed by atoms with van der Waals surface area (Å²) in [6, 6.07) is 27.1. The van der Waals surface area contributed by atoms with Crippen molar-refractivity contribution in [3.8, 4) is 27.4 Å². The summed E-state index contributed by atoms with van der Waals surface area (Å²) >= 11 is 1.54. The van der Waals surface area contributed by atoms with E-state index in [2.05, 4.69) is 17.2 Å². The van der Waals surface area contributed by atoms with Gasteiger partial charge in [0.2, 0.25) is 0 Å². The van der Waals surface area contributed by atoms with Crippen LogP contribution in [0.5, 0.6) is 5.75 Å². The van der Waals surface area contributed by atoms with Crippen LogP contribution in [0.1, 0.15) is 10.6 Å². The first-order valence-corrected chi connectivity index (χ1v) is 9.27. The second-order valence-corrected chi connectivity index (χ2v) is 6.96. The van der Waals surface area contributed by atoms with Gasteiger partial charge in [0, 0.05) is 11.1 Å². The zero-order valence-corrected chi connectivity index (χ0v) is 15.2. The predicted molar refractivity (Wildman–Crippen MR) is 111 cm³/mol. The maximum atomic E-state index is 9.81. The second-order valence-electron chi connectivity index (χ2n) is 5.96. The highest BCUT2D eigenvalue weighted by atomic mass is 32.1. The molecule has 0 aliphatic carbocycles. The molecular weight excluding hydrogens is 354 g/mol. The fourth-order valence-electron chi connectivity index (χ4n) is 2.90. The number of hydrogen-bond acceptors (Lipinski definition) is 5. The third-order valence-electron chi connectivity index (χ3n) is 4.16. The molecule has 1 heterocycles. The molecule has 0 spiro atoms. The highest BCUT2D eigenvalue weighted by Gasteiger charge is 2.19. The summed E-state index contributed by atoms with van der Waals surface area (Å²) in [6.45, 7) is 0. The summed E-state index contributed by atoms with van der Waals surface area (Å²) in [6.07, 6.45) is 0. The molecule has 0 aliphatic rings. The zero-order chi connectivity index (χ0) is 18.6. The molecule has 0 amide bonds. The first-order valence-electron chi connectivity index (χ1n) is 8.45. The first kappa shape index (κ1) is 17.0. The van der Waals surface area contributed by atoms with Gasteiger partial charge in [0.1, 0.15) is 16.5 Å². The van der Waals surface area contributed by atoms with Gasteiger partial charge in [-0.05, 0) is 17.7 Å². The van der Waals surface area contributed by atoms with Crippen molar-refractivity contribution in [2.45, 2.75) is 0 Å². The quantitative estimate of drug-likeness (QED) is 0.305. The SMILES string of the molecule is N/N=C(\c1cccc(O)c1)c1nc(-c2ccccc2)c(-c2ccccc2)s1. The Morgan fingerprint density at radius 2 is 1.52 bits per heavy atom. The van der Waals surface area contributed by atoms with Crippen molar-refractivity contribution in [3.63, 3.8) is 0 Å². The molecule has 0 saturated carbocycles. The van der Waals surface area contributed by atoms with Gasteiger partial charge < -0.3 is 10.9 Å². The zero-order valence-electron chi connectivity index (χ0n) is 14.4. The van der Waals surface area contributed by atoms with Crippen LogP contribution in [-0.2, 0) is 0 Å². The number of nitrogens with two attached hydrogens (primary N) is 1. The van der Waals surface area contributed by atoms with Crippen molar-refractivity contribution in [3.05, 3.63) is 95.5 Å². The minimum absolute atomic E-state index is 0.164. The highest BCUT2D eigenvalue weighted by molar-refractivity contribution is 7.17. The van der Waals surface area contributed by atoms with Crippen molar-refractivity contribution in [1.29, 1.82) is 0 Å². The molecule has 0 atom stereocenters. The van der Waals surface area contributed by atoms with E-state index in [1.54, 1.807) is 18.2 Å². The Kier molecular flexibility index (Phi) is 4.68.